The molecule has 0 saturated heterocycles. The lowest BCUT2D eigenvalue weighted by Gasteiger charge is -2.14. The Morgan fingerprint density at radius 1 is 1.00 bits per heavy atom. The third-order valence-electron chi connectivity index (χ3n) is 5.09. The average molecular weight is 328 g/mol. The summed E-state index contributed by atoms with van der Waals surface area (Å²) < 4.78 is 0. The fraction of sp³-hybridized carbons (Fsp3) is 0.261. The lowest BCUT2D eigenvalue weighted by Crippen LogP contribution is -2.02. The topological polar surface area (TPSA) is 28.7 Å². The Kier molecular flexibility index (Phi) is 4.27. The SMILES string of the molecule is Cc1ccc(C)c(-c2[nH]c(C3CC=CCC3)nc2-c2ccccc2)c1. The van der Waals surface area contributed by atoms with E-state index in [0.29, 0.717) is 5.92 Å². The number of imidazole rings is 1. The molecular formula is C23H24N2. The summed E-state index contributed by atoms with van der Waals surface area (Å²) in [6, 6.07) is 17.2. The van der Waals surface area contributed by atoms with Crippen LogP contribution in [-0.4, -0.2) is 9.97 Å². The first-order valence-electron chi connectivity index (χ1n) is 9.10. The number of allylic oxidation sites excluding steroid dienone is 2. The van der Waals surface area contributed by atoms with Crippen molar-refractivity contribution in [2.24, 2.45) is 0 Å². The van der Waals surface area contributed by atoms with E-state index in [-0.39, 0.29) is 0 Å². The highest BCUT2D eigenvalue weighted by molar-refractivity contribution is 5.80. The minimum Gasteiger partial charge on any atom is -0.341 e. The van der Waals surface area contributed by atoms with Crippen LogP contribution in [0.1, 0.15) is 42.1 Å². The summed E-state index contributed by atoms with van der Waals surface area (Å²) in [5.41, 5.74) is 7.20. The maximum absolute atomic E-state index is 5.06. The standard InChI is InChI=1S/C23H24N2/c1-16-13-14-17(2)20(15-16)22-21(18-9-5-3-6-10-18)24-23(25-22)19-11-7-4-8-12-19/h3-7,9-10,13-15,19H,8,11-12H2,1-2H3,(H,24,25). The molecule has 1 N–H and O–H groups in total. The Balaban J connectivity index is 1.87. The van der Waals surface area contributed by atoms with Gasteiger partial charge in [0.1, 0.15) is 5.82 Å². The summed E-state index contributed by atoms with van der Waals surface area (Å²) in [4.78, 5) is 8.75. The summed E-state index contributed by atoms with van der Waals surface area (Å²) in [7, 11) is 0. The molecule has 0 bridgehead atoms. The van der Waals surface area contributed by atoms with Gasteiger partial charge in [-0.2, -0.15) is 0 Å². The van der Waals surface area contributed by atoms with E-state index in [1.165, 1.54) is 28.7 Å². The molecule has 0 spiro atoms. The van der Waals surface area contributed by atoms with Gasteiger partial charge in [-0.15, -0.1) is 0 Å². The summed E-state index contributed by atoms with van der Waals surface area (Å²) >= 11 is 0. The van der Waals surface area contributed by atoms with Crippen LogP contribution < -0.4 is 0 Å². The highest BCUT2D eigenvalue weighted by Crippen LogP contribution is 2.36. The van der Waals surface area contributed by atoms with Crippen molar-refractivity contribution in [3.63, 3.8) is 0 Å². The minimum absolute atomic E-state index is 0.492. The van der Waals surface area contributed by atoms with Gasteiger partial charge < -0.3 is 4.98 Å². The van der Waals surface area contributed by atoms with Crippen LogP contribution in [0.15, 0.2) is 60.7 Å². The van der Waals surface area contributed by atoms with E-state index in [0.717, 1.165) is 30.1 Å². The van der Waals surface area contributed by atoms with Gasteiger partial charge >= 0.3 is 0 Å². The van der Waals surface area contributed by atoms with Gasteiger partial charge in [0.2, 0.25) is 0 Å². The van der Waals surface area contributed by atoms with Crippen LogP contribution in [0.5, 0.6) is 0 Å². The van der Waals surface area contributed by atoms with Crippen LogP contribution >= 0.6 is 0 Å². The normalized spacial score (nSPS) is 17.0. The molecule has 2 aromatic carbocycles. The first kappa shape index (κ1) is 15.9. The molecule has 1 aromatic heterocycles. The largest absolute Gasteiger partial charge is 0.341 e. The monoisotopic (exact) mass is 328 g/mol. The van der Waals surface area contributed by atoms with Crippen molar-refractivity contribution in [2.75, 3.05) is 0 Å². The first-order chi connectivity index (χ1) is 12.2. The first-order valence-corrected chi connectivity index (χ1v) is 9.10. The third-order valence-corrected chi connectivity index (χ3v) is 5.09. The Bertz CT molecular complexity index is 903. The smallest absolute Gasteiger partial charge is 0.110 e. The minimum atomic E-state index is 0.492. The zero-order valence-electron chi connectivity index (χ0n) is 14.9. The second-order valence-electron chi connectivity index (χ2n) is 7.01. The Morgan fingerprint density at radius 2 is 1.84 bits per heavy atom. The molecule has 1 aliphatic carbocycles. The number of aromatic amines is 1. The second-order valence-corrected chi connectivity index (χ2v) is 7.01. The number of rotatable bonds is 3. The number of aromatic nitrogens is 2. The average Bonchev–Trinajstić information content (AvgIpc) is 3.10. The van der Waals surface area contributed by atoms with Crippen LogP contribution in [0.25, 0.3) is 22.5 Å². The molecule has 0 amide bonds. The maximum atomic E-state index is 5.06. The maximum Gasteiger partial charge on any atom is 0.110 e. The number of aryl methyl sites for hydroxylation is 2. The Labute approximate surface area is 149 Å². The molecule has 1 heterocycles. The van der Waals surface area contributed by atoms with E-state index >= 15 is 0 Å². The summed E-state index contributed by atoms with van der Waals surface area (Å²) in [6.45, 7) is 4.32. The molecule has 1 atom stereocenters. The van der Waals surface area contributed by atoms with E-state index in [1.54, 1.807) is 0 Å². The van der Waals surface area contributed by atoms with Crippen molar-refractivity contribution in [3.05, 3.63) is 77.6 Å². The van der Waals surface area contributed by atoms with E-state index in [4.69, 9.17) is 4.98 Å². The molecule has 0 aliphatic heterocycles. The van der Waals surface area contributed by atoms with E-state index in [2.05, 4.69) is 79.5 Å². The molecular weight excluding hydrogens is 304 g/mol. The van der Waals surface area contributed by atoms with Crippen LogP contribution in [0.3, 0.4) is 0 Å². The Hall–Kier alpha value is -2.61. The molecule has 1 unspecified atom stereocenters. The van der Waals surface area contributed by atoms with E-state index in [9.17, 15) is 0 Å². The van der Waals surface area contributed by atoms with Gasteiger partial charge in [0.25, 0.3) is 0 Å². The molecule has 4 rings (SSSR count). The predicted octanol–water partition coefficient (Wildman–Crippen LogP) is 6.18. The summed E-state index contributed by atoms with van der Waals surface area (Å²) in [5, 5.41) is 0. The van der Waals surface area contributed by atoms with Crippen molar-refractivity contribution >= 4 is 0 Å². The van der Waals surface area contributed by atoms with E-state index in [1.807, 2.05) is 0 Å². The third kappa shape index (κ3) is 3.17. The van der Waals surface area contributed by atoms with Gasteiger partial charge in [-0.3, -0.25) is 0 Å². The van der Waals surface area contributed by atoms with Gasteiger partial charge in [-0.05, 0) is 44.7 Å². The molecule has 2 heteroatoms. The van der Waals surface area contributed by atoms with Gasteiger partial charge in [0.05, 0.1) is 11.4 Å². The molecule has 0 saturated carbocycles. The number of nitrogens with one attached hydrogen (secondary N) is 1. The van der Waals surface area contributed by atoms with Crippen LogP contribution in [0.4, 0.5) is 0 Å². The van der Waals surface area contributed by atoms with E-state index < -0.39 is 0 Å². The summed E-state index contributed by atoms with van der Waals surface area (Å²) in [5.74, 6) is 1.62. The van der Waals surface area contributed by atoms with Gasteiger partial charge in [0.15, 0.2) is 0 Å². The lowest BCUT2D eigenvalue weighted by atomic mass is 9.94. The second kappa shape index (κ2) is 6.72. The van der Waals surface area contributed by atoms with Gasteiger partial charge in [0, 0.05) is 17.0 Å². The Morgan fingerprint density at radius 3 is 2.60 bits per heavy atom. The van der Waals surface area contributed by atoms with Crippen molar-refractivity contribution in [1.82, 2.24) is 9.97 Å². The van der Waals surface area contributed by atoms with Crippen LogP contribution in [0, 0.1) is 13.8 Å². The van der Waals surface area contributed by atoms with Gasteiger partial charge in [-0.1, -0.05) is 60.2 Å². The molecule has 126 valence electrons. The zero-order valence-corrected chi connectivity index (χ0v) is 14.9. The number of benzene rings is 2. The van der Waals surface area contributed by atoms with Crippen LogP contribution in [0.2, 0.25) is 0 Å². The number of nitrogens with zero attached hydrogens (tertiary/aromatic N) is 1. The highest BCUT2D eigenvalue weighted by Gasteiger charge is 2.21. The summed E-state index contributed by atoms with van der Waals surface area (Å²) in [6.07, 6.45) is 7.96. The van der Waals surface area contributed by atoms with Crippen molar-refractivity contribution in [3.8, 4) is 22.5 Å². The van der Waals surface area contributed by atoms with Crippen LogP contribution in [-0.2, 0) is 0 Å². The highest BCUT2D eigenvalue weighted by atomic mass is 14.9. The predicted molar refractivity (Wildman–Crippen MR) is 105 cm³/mol. The zero-order chi connectivity index (χ0) is 17.2. The molecule has 25 heavy (non-hydrogen) atoms. The fourth-order valence-electron chi connectivity index (χ4n) is 3.63. The molecule has 0 radical (unpaired) electrons. The number of hydrogen-bond donors (Lipinski definition) is 1. The molecule has 0 fully saturated rings. The van der Waals surface area contributed by atoms with Gasteiger partial charge in [-0.25, -0.2) is 4.98 Å². The van der Waals surface area contributed by atoms with Crippen molar-refractivity contribution < 1.29 is 0 Å². The number of H-pyrrole nitrogens is 1. The van der Waals surface area contributed by atoms with Crippen molar-refractivity contribution in [1.29, 1.82) is 0 Å². The molecule has 3 aromatic rings. The van der Waals surface area contributed by atoms with Crippen molar-refractivity contribution in [2.45, 2.75) is 39.0 Å². The number of hydrogen-bond acceptors (Lipinski definition) is 1. The lowest BCUT2D eigenvalue weighted by molar-refractivity contribution is 0.589. The molecule has 2 nitrogen and oxygen atoms in total. The fourth-order valence-corrected chi connectivity index (χ4v) is 3.63. The quantitative estimate of drug-likeness (QED) is 0.571. The molecule has 1 aliphatic rings.